The van der Waals surface area contributed by atoms with E-state index in [2.05, 4.69) is 0 Å². The number of rotatable bonds is 6. The third kappa shape index (κ3) is 3.99. The Morgan fingerprint density at radius 3 is 1.85 bits per heavy atom. The largest absolute Gasteiger partial charge is 0.394 e. The third-order valence-electron chi connectivity index (χ3n) is 1.80. The summed E-state index contributed by atoms with van der Waals surface area (Å²) in [5.41, 5.74) is 0. The monoisotopic (exact) mass is 196 g/mol. The quantitative estimate of drug-likeness (QED) is 0.256. The predicted molar refractivity (Wildman–Crippen MR) is 43.8 cm³/mol. The van der Waals surface area contributed by atoms with Crippen LogP contribution in [0.4, 0.5) is 0 Å². The Bertz CT molecular complexity index is 134. The van der Waals surface area contributed by atoms with Crippen molar-refractivity contribution in [3.05, 3.63) is 0 Å². The number of aliphatic hydroxyl groups excluding tert-OH is 5. The molecule has 4 atom stereocenters. The molecule has 0 fully saturated rings. The molecular weight excluding hydrogens is 178 g/mol. The van der Waals surface area contributed by atoms with Crippen molar-refractivity contribution in [3.63, 3.8) is 0 Å². The van der Waals surface area contributed by atoms with Gasteiger partial charge in [-0.3, -0.25) is 0 Å². The van der Waals surface area contributed by atoms with Gasteiger partial charge in [0.05, 0.1) is 13.7 Å². The van der Waals surface area contributed by atoms with Crippen LogP contribution in [0.15, 0.2) is 0 Å². The average Bonchev–Trinajstić information content (AvgIpc) is 2.14. The fraction of sp³-hybridized carbons (Fsp3) is 1.00. The van der Waals surface area contributed by atoms with Crippen LogP contribution in [-0.2, 0) is 0 Å². The molecule has 0 aromatic rings. The van der Waals surface area contributed by atoms with Crippen LogP contribution in [0.3, 0.4) is 0 Å². The van der Waals surface area contributed by atoms with Gasteiger partial charge in [-0.15, -0.1) is 0 Å². The van der Waals surface area contributed by atoms with Gasteiger partial charge in [0.25, 0.3) is 0 Å². The van der Waals surface area contributed by atoms with Gasteiger partial charge in [-0.1, -0.05) is 0 Å². The summed E-state index contributed by atoms with van der Waals surface area (Å²) in [6, 6.07) is 0. The van der Waals surface area contributed by atoms with E-state index in [4.69, 9.17) is 15.3 Å². The van der Waals surface area contributed by atoms with Gasteiger partial charge >= 0.3 is 0 Å². The lowest BCUT2D eigenvalue weighted by Gasteiger charge is -2.24. The SMILES string of the molecule is C[NH2+]CC(O)[C@@H](O)[C@H](O)[C@H](O)CO. The summed E-state index contributed by atoms with van der Waals surface area (Å²) in [6.07, 6.45) is -5.53. The van der Waals surface area contributed by atoms with Gasteiger partial charge in [-0.05, 0) is 0 Å². The summed E-state index contributed by atoms with van der Waals surface area (Å²) in [6.45, 7) is -0.433. The predicted octanol–water partition coefficient (Wildman–Crippen LogP) is -4.38. The van der Waals surface area contributed by atoms with Crippen LogP contribution in [0.1, 0.15) is 0 Å². The number of likely N-dealkylation sites (N-methyl/N-ethyl adjacent to an activating group) is 1. The highest BCUT2D eigenvalue weighted by atomic mass is 16.4. The molecule has 0 heterocycles. The van der Waals surface area contributed by atoms with Crippen molar-refractivity contribution in [2.45, 2.75) is 24.4 Å². The summed E-state index contributed by atoms with van der Waals surface area (Å²) in [7, 11) is 1.70. The zero-order valence-electron chi connectivity index (χ0n) is 7.54. The molecule has 13 heavy (non-hydrogen) atoms. The molecule has 0 saturated carbocycles. The number of quaternary nitrogens is 1. The molecule has 0 rings (SSSR count). The highest BCUT2D eigenvalue weighted by molar-refractivity contribution is 4.79. The van der Waals surface area contributed by atoms with E-state index in [0.29, 0.717) is 0 Å². The Morgan fingerprint density at radius 2 is 1.46 bits per heavy atom. The lowest BCUT2D eigenvalue weighted by atomic mass is 10.0. The summed E-state index contributed by atoms with van der Waals surface area (Å²) in [5.74, 6) is 0. The molecule has 7 N–H and O–H groups in total. The Hall–Kier alpha value is -0.240. The molecule has 0 aliphatic heterocycles. The second kappa shape index (κ2) is 6.25. The van der Waals surface area contributed by atoms with Crippen LogP contribution < -0.4 is 5.32 Å². The van der Waals surface area contributed by atoms with Crippen LogP contribution >= 0.6 is 0 Å². The first-order chi connectivity index (χ1) is 6.04. The number of aliphatic hydroxyl groups is 5. The minimum Gasteiger partial charge on any atom is -0.394 e. The zero-order chi connectivity index (χ0) is 10.4. The first-order valence-corrected chi connectivity index (χ1v) is 4.15. The number of nitrogens with two attached hydrogens (primary N) is 1. The standard InChI is InChI=1S/C7H17NO5/c1-8-2-4(10)6(12)7(13)5(11)3-9/h4-13H,2-3H2,1H3/p+1/t4?,5-,6-,7-/m1/s1. The molecule has 6 heteroatoms. The van der Waals surface area contributed by atoms with Gasteiger partial charge in [-0.2, -0.15) is 0 Å². The van der Waals surface area contributed by atoms with Crippen molar-refractivity contribution in [2.24, 2.45) is 0 Å². The van der Waals surface area contributed by atoms with Crippen LogP contribution in [-0.4, -0.2) is 70.1 Å². The zero-order valence-corrected chi connectivity index (χ0v) is 7.54. The normalized spacial score (nSPS) is 20.8. The van der Waals surface area contributed by atoms with E-state index >= 15 is 0 Å². The Balaban J connectivity index is 3.99. The lowest BCUT2D eigenvalue weighted by Crippen LogP contribution is -2.83. The van der Waals surface area contributed by atoms with Gasteiger partial charge < -0.3 is 30.8 Å². The summed E-state index contributed by atoms with van der Waals surface area (Å²) in [4.78, 5) is 0. The van der Waals surface area contributed by atoms with Crippen molar-refractivity contribution in [1.29, 1.82) is 0 Å². The Kier molecular flexibility index (Phi) is 6.13. The molecule has 6 nitrogen and oxygen atoms in total. The molecule has 0 spiro atoms. The highest BCUT2D eigenvalue weighted by Gasteiger charge is 2.30. The minimum absolute atomic E-state index is 0.219. The summed E-state index contributed by atoms with van der Waals surface area (Å²) >= 11 is 0. The van der Waals surface area contributed by atoms with E-state index in [0.717, 1.165) is 0 Å². The van der Waals surface area contributed by atoms with E-state index in [1.165, 1.54) is 0 Å². The van der Waals surface area contributed by atoms with E-state index in [1.54, 1.807) is 12.4 Å². The highest BCUT2D eigenvalue weighted by Crippen LogP contribution is 2.03. The number of hydrogen-bond donors (Lipinski definition) is 6. The number of hydrogen-bond acceptors (Lipinski definition) is 5. The van der Waals surface area contributed by atoms with E-state index in [9.17, 15) is 10.2 Å². The molecule has 0 aliphatic carbocycles. The first kappa shape index (κ1) is 12.8. The second-order valence-electron chi connectivity index (χ2n) is 2.94. The van der Waals surface area contributed by atoms with Gasteiger partial charge in [-0.25, -0.2) is 0 Å². The van der Waals surface area contributed by atoms with Crippen molar-refractivity contribution in [2.75, 3.05) is 20.2 Å². The first-order valence-electron chi connectivity index (χ1n) is 4.15. The van der Waals surface area contributed by atoms with Crippen LogP contribution in [0, 0.1) is 0 Å². The maximum absolute atomic E-state index is 9.23. The van der Waals surface area contributed by atoms with Gasteiger partial charge in [0.2, 0.25) is 0 Å². The summed E-state index contributed by atoms with van der Waals surface area (Å²) in [5, 5.41) is 46.6. The molecule has 0 aromatic carbocycles. The molecule has 0 saturated heterocycles. The van der Waals surface area contributed by atoms with E-state index < -0.39 is 31.0 Å². The molecule has 0 aromatic heterocycles. The molecule has 0 amide bonds. The maximum Gasteiger partial charge on any atom is 0.131 e. The molecule has 0 aliphatic rings. The third-order valence-corrected chi connectivity index (χ3v) is 1.80. The molecular formula is C7H18NO5+. The van der Waals surface area contributed by atoms with Crippen LogP contribution in [0.25, 0.3) is 0 Å². The van der Waals surface area contributed by atoms with Crippen LogP contribution in [0.2, 0.25) is 0 Å². The van der Waals surface area contributed by atoms with E-state index in [1.807, 2.05) is 0 Å². The van der Waals surface area contributed by atoms with Crippen molar-refractivity contribution in [3.8, 4) is 0 Å². The molecule has 0 radical (unpaired) electrons. The fourth-order valence-electron chi connectivity index (χ4n) is 0.944. The van der Waals surface area contributed by atoms with Gasteiger partial charge in [0, 0.05) is 0 Å². The van der Waals surface area contributed by atoms with E-state index in [-0.39, 0.29) is 6.54 Å². The molecule has 80 valence electrons. The minimum atomic E-state index is -1.53. The summed E-state index contributed by atoms with van der Waals surface area (Å²) < 4.78 is 0. The Morgan fingerprint density at radius 1 is 1.00 bits per heavy atom. The van der Waals surface area contributed by atoms with Gasteiger partial charge in [0.1, 0.15) is 31.0 Å². The second-order valence-corrected chi connectivity index (χ2v) is 2.94. The molecule has 0 bridgehead atoms. The average molecular weight is 196 g/mol. The smallest absolute Gasteiger partial charge is 0.131 e. The van der Waals surface area contributed by atoms with Crippen molar-refractivity contribution < 1.29 is 30.8 Å². The lowest BCUT2D eigenvalue weighted by molar-refractivity contribution is -0.635. The van der Waals surface area contributed by atoms with Crippen LogP contribution in [0.5, 0.6) is 0 Å². The van der Waals surface area contributed by atoms with Gasteiger partial charge in [0.15, 0.2) is 0 Å². The molecule has 1 unspecified atom stereocenters. The topological polar surface area (TPSA) is 118 Å². The van der Waals surface area contributed by atoms with Crippen molar-refractivity contribution >= 4 is 0 Å². The van der Waals surface area contributed by atoms with Crippen molar-refractivity contribution in [1.82, 2.24) is 0 Å². The maximum atomic E-state index is 9.23. The fourth-order valence-corrected chi connectivity index (χ4v) is 0.944. The Labute approximate surface area is 76.4 Å².